The molecule has 90 valence electrons. The summed E-state index contributed by atoms with van der Waals surface area (Å²) in [5.41, 5.74) is 3.80. The predicted octanol–water partition coefficient (Wildman–Crippen LogP) is 2.39. The van der Waals surface area contributed by atoms with Crippen LogP contribution in [-0.2, 0) is 20.0 Å². The minimum atomic E-state index is 0.737. The minimum Gasteiger partial charge on any atom is -0.330 e. The largest absolute Gasteiger partial charge is 0.330 e. The van der Waals surface area contributed by atoms with E-state index in [1.807, 2.05) is 0 Å². The monoisotopic (exact) mass is 229 g/mol. The Morgan fingerprint density at radius 3 is 2.94 bits per heavy atom. The number of para-hydroxylation sites is 1. The molecular formula is C14H19N3. The molecule has 0 amide bonds. The van der Waals surface area contributed by atoms with Gasteiger partial charge in [0.1, 0.15) is 5.82 Å². The Kier molecular flexibility index (Phi) is 2.63. The second-order valence-electron chi connectivity index (χ2n) is 4.88. The first-order valence-electron chi connectivity index (χ1n) is 6.46. The Morgan fingerprint density at radius 2 is 2.24 bits per heavy atom. The van der Waals surface area contributed by atoms with Crippen molar-refractivity contribution in [3.8, 4) is 0 Å². The molecule has 1 aromatic carbocycles. The lowest BCUT2D eigenvalue weighted by atomic mass is 10.1. The lowest BCUT2D eigenvalue weighted by Gasteiger charge is -2.05. The van der Waals surface area contributed by atoms with Gasteiger partial charge in [-0.2, -0.15) is 0 Å². The molecule has 0 aliphatic heterocycles. The van der Waals surface area contributed by atoms with E-state index in [1.165, 1.54) is 23.9 Å². The van der Waals surface area contributed by atoms with Crippen molar-refractivity contribution in [3.05, 3.63) is 29.6 Å². The minimum absolute atomic E-state index is 0.737. The average Bonchev–Trinajstić information content (AvgIpc) is 3.12. The summed E-state index contributed by atoms with van der Waals surface area (Å²) in [6, 6.07) is 7.14. The lowest BCUT2D eigenvalue weighted by Crippen LogP contribution is -2.18. The second kappa shape index (κ2) is 4.15. The zero-order valence-corrected chi connectivity index (χ0v) is 10.5. The smallest absolute Gasteiger partial charge is 0.123 e. The molecule has 0 unspecified atom stereocenters. The van der Waals surface area contributed by atoms with E-state index >= 15 is 0 Å². The molecule has 1 saturated carbocycles. The summed E-state index contributed by atoms with van der Waals surface area (Å²) in [6.07, 6.45) is 3.71. The molecule has 1 aliphatic carbocycles. The van der Waals surface area contributed by atoms with Crippen molar-refractivity contribution >= 4 is 11.0 Å². The maximum atomic E-state index is 4.72. The van der Waals surface area contributed by atoms with Crippen molar-refractivity contribution in [1.29, 1.82) is 0 Å². The van der Waals surface area contributed by atoms with Crippen LogP contribution in [0.1, 0.15) is 31.2 Å². The maximum absolute atomic E-state index is 4.72. The van der Waals surface area contributed by atoms with Gasteiger partial charge in [-0.15, -0.1) is 0 Å². The van der Waals surface area contributed by atoms with E-state index in [9.17, 15) is 0 Å². The van der Waals surface area contributed by atoms with E-state index in [2.05, 4.69) is 42.1 Å². The number of nitrogens with one attached hydrogen (secondary N) is 1. The van der Waals surface area contributed by atoms with Gasteiger partial charge >= 0.3 is 0 Å². The van der Waals surface area contributed by atoms with Gasteiger partial charge in [0.15, 0.2) is 0 Å². The molecule has 0 bridgehead atoms. The Bertz CT molecular complexity index is 538. The number of aryl methyl sites for hydroxylation is 2. The fraction of sp³-hybridized carbons (Fsp3) is 0.500. The number of nitrogens with zero attached hydrogens (tertiary/aromatic N) is 2. The van der Waals surface area contributed by atoms with E-state index in [4.69, 9.17) is 4.98 Å². The molecule has 1 fully saturated rings. The molecule has 1 aromatic heterocycles. The fourth-order valence-corrected chi connectivity index (χ4v) is 2.36. The van der Waals surface area contributed by atoms with Gasteiger partial charge in [-0.25, -0.2) is 4.98 Å². The number of hydrogen-bond donors (Lipinski definition) is 1. The third-order valence-corrected chi connectivity index (χ3v) is 3.58. The SMILES string of the molecule is CCc1cccc2nc(CNC3CC3)n(C)c12. The third-order valence-electron chi connectivity index (χ3n) is 3.58. The van der Waals surface area contributed by atoms with Gasteiger partial charge in [0, 0.05) is 13.1 Å². The van der Waals surface area contributed by atoms with Crippen LogP contribution in [0.2, 0.25) is 0 Å². The molecule has 3 heteroatoms. The van der Waals surface area contributed by atoms with Crippen molar-refractivity contribution in [3.63, 3.8) is 0 Å². The first-order chi connectivity index (χ1) is 8.29. The lowest BCUT2D eigenvalue weighted by molar-refractivity contribution is 0.639. The number of benzene rings is 1. The number of rotatable bonds is 4. The normalized spacial score (nSPS) is 15.6. The van der Waals surface area contributed by atoms with E-state index < -0.39 is 0 Å². The molecule has 1 heterocycles. The van der Waals surface area contributed by atoms with Crippen LogP contribution in [-0.4, -0.2) is 15.6 Å². The standard InChI is InChI=1S/C14H19N3/c1-3-10-5-4-6-12-14(10)17(2)13(16-12)9-15-11-7-8-11/h4-6,11,15H,3,7-9H2,1-2H3. The number of imidazole rings is 1. The fourth-order valence-electron chi connectivity index (χ4n) is 2.36. The van der Waals surface area contributed by atoms with Crippen molar-refractivity contribution in [2.75, 3.05) is 0 Å². The highest BCUT2D eigenvalue weighted by molar-refractivity contribution is 5.79. The van der Waals surface area contributed by atoms with Gasteiger partial charge in [-0.05, 0) is 30.9 Å². The third kappa shape index (κ3) is 1.95. The van der Waals surface area contributed by atoms with Crippen molar-refractivity contribution in [2.45, 2.75) is 38.8 Å². The molecule has 1 N–H and O–H groups in total. The summed E-state index contributed by atoms with van der Waals surface area (Å²) in [4.78, 5) is 4.72. The molecule has 17 heavy (non-hydrogen) atoms. The zero-order chi connectivity index (χ0) is 11.8. The summed E-state index contributed by atoms with van der Waals surface area (Å²) in [5, 5.41) is 3.53. The highest BCUT2D eigenvalue weighted by atomic mass is 15.1. The Morgan fingerprint density at radius 1 is 1.41 bits per heavy atom. The molecule has 0 radical (unpaired) electrons. The van der Waals surface area contributed by atoms with Gasteiger partial charge in [0.2, 0.25) is 0 Å². The highest BCUT2D eigenvalue weighted by Gasteiger charge is 2.21. The number of aromatic nitrogens is 2. The first-order valence-corrected chi connectivity index (χ1v) is 6.46. The van der Waals surface area contributed by atoms with Crippen molar-refractivity contribution in [2.24, 2.45) is 7.05 Å². The second-order valence-corrected chi connectivity index (χ2v) is 4.88. The van der Waals surface area contributed by atoms with Gasteiger partial charge < -0.3 is 9.88 Å². The molecule has 2 aromatic rings. The van der Waals surface area contributed by atoms with Gasteiger partial charge in [0.25, 0.3) is 0 Å². The topological polar surface area (TPSA) is 29.9 Å². The Balaban J connectivity index is 1.98. The summed E-state index contributed by atoms with van der Waals surface area (Å²) in [7, 11) is 2.12. The van der Waals surface area contributed by atoms with E-state index in [0.29, 0.717) is 0 Å². The quantitative estimate of drug-likeness (QED) is 0.872. The van der Waals surface area contributed by atoms with E-state index in [-0.39, 0.29) is 0 Å². The summed E-state index contributed by atoms with van der Waals surface area (Å²) in [5.74, 6) is 1.15. The molecule has 3 nitrogen and oxygen atoms in total. The van der Waals surface area contributed by atoms with Crippen LogP contribution in [0.25, 0.3) is 11.0 Å². The predicted molar refractivity (Wildman–Crippen MR) is 70.0 cm³/mol. The average molecular weight is 229 g/mol. The zero-order valence-electron chi connectivity index (χ0n) is 10.5. The van der Waals surface area contributed by atoms with Gasteiger partial charge in [-0.3, -0.25) is 0 Å². The number of fused-ring (bicyclic) bond motifs is 1. The molecule has 0 spiro atoms. The van der Waals surface area contributed by atoms with E-state index in [1.54, 1.807) is 0 Å². The van der Waals surface area contributed by atoms with Gasteiger partial charge in [0.05, 0.1) is 17.6 Å². The van der Waals surface area contributed by atoms with Crippen LogP contribution in [0.15, 0.2) is 18.2 Å². The van der Waals surface area contributed by atoms with Crippen molar-refractivity contribution in [1.82, 2.24) is 14.9 Å². The number of hydrogen-bond acceptors (Lipinski definition) is 2. The van der Waals surface area contributed by atoms with Crippen LogP contribution < -0.4 is 5.32 Å². The van der Waals surface area contributed by atoms with Crippen LogP contribution >= 0.6 is 0 Å². The molecule has 3 rings (SSSR count). The van der Waals surface area contributed by atoms with Crippen LogP contribution in [0.4, 0.5) is 0 Å². The van der Waals surface area contributed by atoms with E-state index in [0.717, 1.165) is 30.3 Å². The van der Waals surface area contributed by atoms with Crippen LogP contribution in [0, 0.1) is 0 Å². The summed E-state index contributed by atoms with van der Waals surface area (Å²) in [6.45, 7) is 3.09. The Labute approximate surface area is 102 Å². The molecule has 0 saturated heterocycles. The van der Waals surface area contributed by atoms with Gasteiger partial charge in [-0.1, -0.05) is 19.1 Å². The van der Waals surface area contributed by atoms with Crippen LogP contribution in [0.3, 0.4) is 0 Å². The summed E-state index contributed by atoms with van der Waals surface area (Å²) >= 11 is 0. The summed E-state index contributed by atoms with van der Waals surface area (Å²) < 4.78 is 2.24. The Hall–Kier alpha value is -1.35. The first kappa shape index (κ1) is 10.8. The molecular weight excluding hydrogens is 210 g/mol. The maximum Gasteiger partial charge on any atom is 0.123 e. The highest BCUT2D eigenvalue weighted by Crippen LogP contribution is 2.22. The van der Waals surface area contributed by atoms with Crippen molar-refractivity contribution < 1.29 is 0 Å². The van der Waals surface area contributed by atoms with Crippen LogP contribution in [0.5, 0.6) is 0 Å². The molecule has 0 atom stereocenters. The molecule has 1 aliphatic rings.